The number of benzene rings is 1. The predicted molar refractivity (Wildman–Crippen MR) is 124 cm³/mol. The van der Waals surface area contributed by atoms with Crippen LogP contribution in [0.4, 0.5) is 0 Å². The van der Waals surface area contributed by atoms with E-state index in [9.17, 15) is 0 Å². The highest BCUT2D eigenvalue weighted by Gasteiger charge is 2.26. The molecule has 1 atom stereocenters. The highest BCUT2D eigenvalue weighted by atomic mass is 127. The number of halogens is 1. The molecule has 0 aliphatic carbocycles. The lowest BCUT2D eigenvalue weighted by Gasteiger charge is -2.30. The fraction of sp³-hybridized carbons (Fsp3) is 0.550. The molecule has 1 saturated heterocycles. The molecule has 160 valence electrons. The summed E-state index contributed by atoms with van der Waals surface area (Å²) >= 11 is 0. The zero-order valence-corrected chi connectivity index (χ0v) is 19.7. The van der Waals surface area contributed by atoms with E-state index in [2.05, 4.69) is 42.8 Å². The van der Waals surface area contributed by atoms with Gasteiger partial charge in [0.25, 0.3) is 0 Å². The quantitative estimate of drug-likeness (QED) is 0.318. The number of methoxy groups -OCH3 is 1. The molecule has 9 heteroatoms. The summed E-state index contributed by atoms with van der Waals surface area (Å²) in [6, 6.07) is 8.47. The second kappa shape index (κ2) is 12.0. The highest BCUT2D eigenvalue weighted by molar-refractivity contribution is 14.0. The average Bonchev–Trinajstić information content (AvgIpc) is 3.38. The van der Waals surface area contributed by atoms with E-state index in [1.807, 2.05) is 19.1 Å². The lowest BCUT2D eigenvalue weighted by Crippen LogP contribution is -2.42. The molecular weight excluding hydrogens is 483 g/mol. The van der Waals surface area contributed by atoms with Crippen molar-refractivity contribution in [2.45, 2.75) is 39.3 Å². The monoisotopic (exact) mass is 514 g/mol. The molecule has 1 aromatic heterocycles. The smallest absolute Gasteiger partial charge is 0.223 e. The van der Waals surface area contributed by atoms with Gasteiger partial charge in [-0.15, -0.1) is 24.0 Å². The first kappa shape index (κ1) is 23.4. The number of rotatable bonds is 8. The number of nitrogens with zero attached hydrogens (tertiary/aromatic N) is 4. The number of hydrogen-bond donors (Lipinski definition) is 2. The second-order valence-electron chi connectivity index (χ2n) is 6.81. The van der Waals surface area contributed by atoms with Crippen molar-refractivity contribution in [2.24, 2.45) is 4.99 Å². The summed E-state index contributed by atoms with van der Waals surface area (Å²) in [6.07, 6.45) is 2.47. The van der Waals surface area contributed by atoms with Crippen molar-refractivity contribution >= 4 is 29.9 Å². The Kier molecular flexibility index (Phi) is 9.65. The molecule has 0 amide bonds. The number of hydrogen-bond acceptors (Lipinski definition) is 6. The van der Waals surface area contributed by atoms with Crippen molar-refractivity contribution < 1.29 is 9.26 Å². The van der Waals surface area contributed by atoms with Gasteiger partial charge in [-0.05, 0) is 38.9 Å². The second-order valence-corrected chi connectivity index (χ2v) is 6.81. The normalized spacial score (nSPS) is 15.6. The van der Waals surface area contributed by atoms with E-state index < -0.39 is 0 Å². The van der Waals surface area contributed by atoms with Gasteiger partial charge in [0.2, 0.25) is 5.89 Å². The van der Waals surface area contributed by atoms with Crippen LogP contribution in [0.3, 0.4) is 0 Å². The molecule has 1 unspecified atom stereocenters. The number of aromatic nitrogens is 2. The molecule has 1 aliphatic heterocycles. The molecule has 1 aromatic carbocycles. The van der Waals surface area contributed by atoms with E-state index in [1.165, 1.54) is 18.4 Å². The van der Waals surface area contributed by atoms with E-state index >= 15 is 0 Å². The van der Waals surface area contributed by atoms with Crippen LogP contribution in [0, 0.1) is 6.92 Å². The van der Waals surface area contributed by atoms with Gasteiger partial charge in [0.1, 0.15) is 12.3 Å². The summed E-state index contributed by atoms with van der Waals surface area (Å²) in [6.45, 7) is 7.90. The van der Waals surface area contributed by atoms with E-state index in [1.54, 1.807) is 14.0 Å². The number of ether oxygens (including phenoxy) is 1. The van der Waals surface area contributed by atoms with Gasteiger partial charge in [0, 0.05) is 25.6 Å². The van der Waals surface area contributed by atoms with Crippen LogP contribution in [0.1, 0.15) is 43.1 Å². The lowest BCUT2D eigenvalue weighted by atomic mass is 10.0. The number of aliphatic imine (C=N–C) groups is 1. The Balaban J connectivity index is 0.00000300. The number of aryl methyl sites for hydroxylation is 1. The number of guanidine groups is 1. The van der Waals surface area contributed by atoms with Gasteiger partial charge in [0.15, 0.2) is 11.8 Å². The number of nitrogens with one attached hydrogen (secondary N) is 2. The molecule has 1 aliphatic rings. The van der Waals surface area contributed by atoms with Crippen LogP contribution in [-0.4, -0.2) is 54.3 Å². The van der Waals surface area contributed by atoms with Gasteiger partial charge < -0.3 is 19.9 Å². The number of para-hydroxylation sites is 1. The highest BCUT2D eigenvalue weighted by Crippen LogP contribution is 2.31. The van der Waals surface area contributed by atoms with Gasteiger partial charge in [-0.1, -0.05) is 23.4 Å². The maximum absolute atomic E-state index is 5.62. The third kappa shape index (κ3) is 6.56. The molecule has 0 bridgehead atoms. The summed E-state index contributed by atoms with van der Waals surface area (Å²) in [4.78, 5) is 11.3. The topological polar surface area (TPSA) is 87.8 Å². The summed E-state index contributed by atoms with van der Waals surface area (Å²) in [5, 5.41) is 10.7. The van der Waals surface area contributed by atoms with Crippen LogP contribution in [0.2, 0.25) is 0 Å². The molecular formula is C20H31IN6O2. The van der Waals surface area contributed by atoms with Crippen LogP contribution in [0.25, 0.3) is 0 Å². The van der Waals surface area contributed by atoms with Crippen LogP contribution < -0.4 is 15.4 Å². The molecule has 2 heterocycles. The summed E-state index contributed by atoms with van der Waals surface area (Å²) in [5.41, 5.74) is 1.20. The Bertz CT molecular complexity index is 776. The Morgan fingerprint density at radius 2 is 2.03 bits per heavy atom. The van der Waals surface area contributed by atoms with Crippen molar-refractivity contribution in [2.75, 3.05) is 33.3 Å². The van der Waals surface area contributed by atoms with Gasteiger partial charge in [0.05, 0.1) is 13.2 Å². The lowest BCUT2D eigenvalue weighted by molar-refractivity contribution is 0.239. The summed E-state index contributed by atoms with van der Waals surface area (Å²) in [5.74, 6) is 2.79. The molecule has 1 fully saturated rings. The van der Waals surface area contributed by atoms with E-state index in [-0.39, 0.29) is 30.0 Å². The maximum atomic E-state index is 5.62. The van der Waals surface area contributed by atoms with Gasteiger partial charge in [-0.3, -0.25) is 4.90 Å². The standard InChI is InChI=1S/C20H30N6O2.HI/c1-4-21-20(23-14-19-24-15(2)28-25-19)22-13-17(26-11-7-8-12-26)16-9-5-6-10-18(16)27-3;/h5-6,9-10,17H,4,7-8,11-14H2,1-3H3,(H2,21,22,23);1H. The third-order valence-electron chi connectivity index (χ3n) is 4.83. The Hall–Kier alpha value is -1.88. The molecule has 8 nitrogen and oxygen atoms in total. The summed E-state index contributed by atoms with van der Waals surface area (Å²) < 4.78 is 10.6. The van der Waals surface area contributed by atoms with Crippen molar-refractivity contribution in [3.8, 4) is 5.75 Å². The molecule has 2 N–H and O–H groups in total. The minimum atomic E-state index is 0. The molecule has 29 heavy (non-hydrogen) atoms. The largest absolute Gasteiger partial charge is 0.496 e. The first-order valence-corrected chi connectivity index (χ1v) is 9.89. The molecule has 0 radical (unpaired) electrons. The minimum Gasteiger partial charge on any atom is -0.496 e. The van der Waals surface area contributed by atoms with E-state index in [0.717, 1.165) is 37.9 Å². The maximum Gasteiger partial charge on any atom is 0.223 e. The van der Waals surface area contributed by atoms with E-state index in [0.29, 0.717) is 18.3 Å². The van der Waals surface area contributed by atoms with Crippen molar-refractivity contribution in [1.29, 1.82) is 0 Å². The first-order valence-electron chi connectivity index (χ1n) is 9.89. The van der Waals surface area contributed by atoms with Crippen LogP contribution in [0.15, 0.2) is 33.8 Å². The van der Waals surface area contributed by atoms with Crippen LogP contribution in [-0.2, 0) is 6.54 Å². The zero-order valence-electron chi connectivity index (χ0n) is 17.4. The predicted octanol–water partition coefficient (Wildman–Crippen LogP) is 2.90. The Labute approximate surface area is 189 Å². The van der Waals surface area contributed by atoms with Gasteiger partial charge in [-0.2, -0.15) is 4.98 Å². The summed E-state index contributed by atoms with van der Waals surface area (Å²) in [7, 11) is 1.73. The fourth-order valence-corrected chi connectivity index (χ4v) is 3.52. The fourth-order valence-electron chi connectivity index (χ4n) is 3.52. The molecule has 0 spiro atoms. The Morgan fingerprint density at radius 3 is 2.69 bits per heavy atom. The molecule has 0 saturated carbocycles. The van der Waals surface area contributed by atoms with Gasteiger partial charge >= 0.3 is 0 Å². The first-order chi connectivity index (χ1) is 13.7. The molecule has 3 rings (SSSR count). The third-order valence-corrected chi connectivity index (χ3v) is 4.83. The van der Waals surface area contributed by atoms with Crippen LogP contribution in [0.5, 0.6) is 5.75 Å². The van der Waals surface area contributed by atoms with E-state index in [4.69, 9.17) is 9.26 Å². The minimum absolute atomic E-state index is 0. The Morgan fingerprint density at radius 1 is 1.28 bits per heavy atom. The average molecular weight is 514 g/mol. The SMILES string of the molecule is CCNC(=NCc1noc(C)n1)NCC(c1ccccc1OC)N1CCCC1.I. The number of likely N-dealkylation sites (tertiary alicyclic amines) is 1. The molecule has 2 aromatic rings. The van der Waals surface area contributed by atoms with Crippen molar-refractivity contribution in [1.82, 2.24) is 25.7 Å². The van der Waals surface area contributed by atoms with Crippen LogP contribution >= 0.6 is 24.0 Å². The zero-order chi connectivity index (χ0) is 19.8. The van der Waals surface area contributed by atoms with Crippen molar-refractivity contribution in [3.63, 3.8) is 0 Å². The van der Waals surface area contributed by atoms with Gasteiger partial charge in [-0.25, -0.2) is 4.99 Å². The van der Waals surface area contributed by atoms with Crippen molar-refractivity contribution in [3.05, 3.63) is 41.5 Å².